The van der Waals surface area contributed by atoms with Gasteiger partial charge in [0.15, 0.2) is 0 Å². The molecular formula is C22H23N3O. The van der Waals surface area contributed by atoms with E-state index in [2.05, 4.69) is 42.9 Å². The summed E-state index contributed by atoms with van der Waals surface area (Å²) >= 11 is 0. The first-order valence-electron chi connectivity index (χ1n) is 8.92. The minimum Gasteiger partial charge on any atom is -0.494 e. The van der Waals surface area contributed by atoms with E-state index < -0.39 is 0 Å². The van der Waals surface area contributed by atoms with Gasteiger partial charge in [0, 0.05) is 0 Å². The monoisotopic (exact) mass is 345 g/mol. The van der Waals surface area contributed by atoms with Crippen LogP contribution in [-0.4, -0.2) is 16.6 Å². The zero-order valence-corrected chi connectivity index (χ0v) is 15.5. The Balaban J connectivity index is 1.85. The number of H-pyrrole nitrogens is 1. The molecule has 3 rings (SSSR count). The van der Waals surface area contributed by atoms with E-state index in [0.29, 0.717) is 11.4 Å². The molecule has 4 nitrogen and oxygen atoms in total. The maximum absolute atomic E-state index is 9.57. The van der Waals surface area contributed by atoms with E-state index in [1.807, 2.05) is 36.4 Å². The van der Waals surface area contributed by atoms with Gasteiger partial charge in [-0.05, 0) is 67.3 Å². The predicted molar refractivity (Wildman–Crippen MR) is 106 cm³/mol. The van der Waals surface area contributed by atoms with Gasteiger partial charge in [-0.3, -0.25) is 0 Å². The Labute approximate surface area is 154 Å². The van der Waals surface area contributed by atoms with Gasteiger partial charge in [-0.1, -0.05) is 25.5 Å². The minimum atomic E-state index is 0.510. The summed E-state index contributed by atoms with van der Waals surface area (Å²) in [6.07, 6.45) is 4.00. The molecule has 4 heteroatoms. The normalized spacial score (nSPS) is 11.5. The summed E-state index contributed by atoms with van der Waals surface area (Å²) in [4.78, 5) is 7.83. The van der Waals surface area contributed by atoms with Gasteiger partial charge >= 0.3 is 0 Å². The lowest BCUT2D eigenvalue weighted by molar-refractivity contribution is 0.309. The van der Waals surface area contributed by atoms with Gasteiger partial charge in [0.1, 0.15) is 17.6 Å². The molecule has 0 unspecified atom stereocenters. The third-order valence-corrected chi connectivity index (χ3v) is 4.43. The third kappa shape index (κ3) is 3.94. The number of imidazole rings is 1. The summed E-state index contributed by atoms with van der Waals surface area (Å²) in [5.41, 5.74) is 5.67. The Morgan fingerprint density at radius 2 is 1.92 bits per heavy atom. The second-order valence-electron chi connectivity index (χ2n) is 6.48. The lowest BCUT2D eigenvalue weighted by atomic mass is 10.1. The van der Waals surface area contributed by atoms with Crippen LogP contribution in [0.5, 0.6) is 5.75 Å². The van der Waals surface area contributed by atoms with Crippen LogP contribution in [0.15, 0.2) is 36.4 Å². The molecule has 1 N–H and O–H groups in total. The number of unbranched alkanes of at least 4 members (excludes halogenated alkanes) is 1. The van der Waals surface area contributed by atoms with Crippen LogP contribution in [0.1, 0.15) is 42.3 Å². The summed E-state index contributed by atoms with van der Waals surface area (Å²) in [5.74, 6) is 1.44. The Bertz CT molecular complexity index is 936. The first kappa shape index (κ1) is 17.8. The number of hydrogen-bond acceptors (Lipinski definition) is 3. The second kappa shape index (κ2) is 7.88. The quantitative estimate of drug-likeness (QED) is 0.479. The number of hydrogen-bond donors (Lipinski definition) is 1. The van der Waals surface area contributed by atoms with Crippen LogP contribution < -0.4 is 4.74 Å². The molecule has 0 aliphatic rings. The topological polar surface area (TPSA) is 61.7 Å². The largest absolute Gasteiger partial charge is 0.494 e. The van der Waals surface area contributed by atoms with Gasteiger partial charge in [-0.15, -0.1) is 0 Å². The molecule has 0 atom stereocenters. The van der Waals surface area contributed by atoms with Gasteiger partial charge in [0.05, 0.1) is 23.2 Å². The van der Waals surface area contributed by atoms with Crippen LogP contribution in [0.4, 0.5) is 0 Å². The fourth-order valence-corrected chi connectivity index (χ4v) is 2.71. The fourth-order valence-electron chi connectivity index (χ4n) is 2.71. The number of benzene rings is 2. The van der Waals surface area contributed by atoms with Crippen LogP contribution >= 0.6 is 0 Å². The molecule has 1 aromatic heterocycles. The van der Waals surface area contributed by atoms with Crippen molar-refractivity contribution >= 4 is 22.7 Å². The summed E-state index contributed by atoms with van der Waals surface area (Å²) in [7, 11) is 0. The van der Waals surface area contributed by atoms with Gasteiger partial charge in [0.2, 0.25) is 0 Å². The van der Waals surface area contributed by atoms with Crippen molar-refractivity contribution in [3.63, 3.8) is 0 Å². The van der Waals surface area contributed by atoms with Crippen LogP contribution in [0, 0.1) is 25.2 Å². The molecule has 0 bridgehead atoms. The number of nitrogens with zero attached hydrogens (tertiary/aromatic N) is 2. The number of nitrogens with one attached hydrogen (secondary N) is 1. The molecule has 0 spiro atoms. The van der Waals surface area contributed by atoms with Crippen molar-refractivity contribution in [3.8, 4) is 11.8 Å². The molecule has 2 aromatic carbocycles. The Kier molecular flexibility index (Phi) is 5.38. The molecular weight excluding hydrogens is 322 g/mol. The SMILES string of the molecule is CCCCOc1ccc(/C=C(/C#N)c2nc3cc(C)c(C)cc3[nH]2)cc1. The van der Waals surface area contributed by atoms with Crippen molar-refractivity contribution < 1.29 is 4.74 Å². The Morgan fingerprint density at radius 1 is 1.19 bits per heavy atom. The maximum atomic E-state index is 9.57. The number of aromatic amines is 1. The van der Waals surface area contributed by atoms with Gasteiger partial charge in [-0.2, -0.15) is 5.26 Å². The summed E-state index contributed by atoms with van der Waals surface area (Å²) in [6, 6.07) is 14.1. The molecule has 3 aromatic rings. The van der Waals surface area contributed by atoms with E-state index >= 15 is 0 Å². The molecule has 0 fully saturated rings. The Morgan fingerprint density at radius 3 is 2.62 bits per heavy atom. The maximum Gasteiger partial charge on any atom is 0.149 e. The lowest BCUT2D eigenvalue weighted by Gasteiger charge is -2.05. The molecule has 1 heterocycles. The van der Waals surface area contributed by atoms with E-state index in [1.54, 1.807) is 0 Å². The molecule has 132 valence electrons. The highest BCUT2D eigenvalue weighted by atomic mass is 16.5. The van der Waals surface area contributed by atoms with Crippen molar-refractivity contribution in [1.82, 2.24) is 9.97 Å². The number of ether oxygens (including phenoxy) is 1. The van der Waals surface area contributed by atoms with Crippen LogP contribution in [-0.2, 0) is 0 Å². The standard InChI is InChI=1S/C22H23N3O/c1-4-5-10-26-19-8-6-17(7-9-19)13-18(14-23)22-24-20-11-15(2)16(3)12-21(20)25-22/h6-9,11-13H,4-5,10H2,1-3H3,(H,24,25)/b18-13-. The van der Waals surface area contributed by atoms with Crippen molar-refractivity contribution in [1.29, 1.82) is 5.26 Å². The zero-order valence-electron chi connectivity index (χ0n) is 15.5. The second-order valence-corrected chi connectivity index (χ2v) is 6.48. The predicted octanol–water partition coefficient (Wildman–Crippen LogP) is 5.42. The number of allylic oxidation sites excluding steroid dienone is 1. The highest BCUT2D eigenvalue weighted by molar-refractivity contribution is 5.90. The average Bonchev–Trinajstić information content (AvgIpc) is 3.04. The number of fused-ring (bicyclic) bond motifs is 1. The van der Waals surface area contributed by atoms with Gasteiger partial charge < -0.3 is 9.72 Å². The first-order valence-corrected chi connectivity index (χ1v) is 8.92. The highest BCUT2D eigenvalue weighted by Gasteiger charge is 2.09. The lowest BCUT2D eigenvalue weighted by Crippen LogP contribution is -1.95. The Hall–Kier alpha value is -3.06. The van der Waals surface area contributed by atoms with E-state index in [1.165, 1.54) is 11.1 Å². The van der Waals surface area contributed by atoms with E-state index in [0.717, 1.165) is 41.8 Å². The van der Waals surface area contributed by atoms with E-state index in [-0.39, 0.29) is 0 Å². The average molecular weight is 345 g/mol. The van der Waals surface area contributed by atoms with E-state index in [4.69, 9.17) is 4.74 Å². The number of aryl methyl sites for hydroxylation is 2. The molecule has 26 heavy (non-hydrogen) atoms. The number of rotatable bonds is 6. The fraction of sp³-hybridized carbons (Fsp3) is 0.273. The van der Waals surface area contributed by atoms with Crippen molar-refractivity contribution in [2.45, 2.75) is 33.6 Å². The van der Waals surface area contributed by atoms with Crippen molar-refractivity contribution in [2.75, 3.05) is 6.61 Å². The molecule has 0 radical (unpaired) electrons. The van der Waals surface area contributed by atoms with Crippen molar-refractivity contribution in [2.24, 2.45) is 0 Å². The summed E-state index contributed by atoms with van der Waals surface area (Å²) < 4.78 is 5.68. The van der Waals surface area contributed by atoms with Crippen LogP contribution in [0.3, 0.4) is 0 Å². The summed E-state index contributed by atoms with van der Waals surface area (Å²) in [5, 5.41) is 9.57. The number of nitriles is 1. The van der Waals surface area contributed by atoms with Crippen LogP contribution in [0.2, 0.25) is 0 Å². The highest BCUT2D eigenvalue weighted by Crippen LogP contribution is 2.22. The van der Waals surface area contributed by atoms with Gasteiger partial charge in [0.25, 0.3) is 0 Å². The van der Waals surface area contributed by atoms with Crippen molar-refractivity contribution in [3.05, 3.63) is 58.9 Å². The molecule has 0 saturated heterocycles. The minimum absolute atomic E-state index is 0.510. The third-order valence-electron chi connectivity index (χ3n) is 4.43. The van der Waals surface area contributed by atoms with Gasteiger partial charge in [-0.25, -0.2) is 4.98 Å². The molecule has 0 saturated carbocycles. The van der Waals surface area contributed by atoms with Crippen LogP contribution in [0.25, 0.3) is 22.7 Å². The molecule has 0 aliphatic heterocycles. The number of aromatic nitrogens is 2. The van der Waals surface area contributed by atoms with E-state index in [9.17, 15) is 5.26 Å². The summed E-state index contributed by atoms with van der Waals surface area (Å²) in [6.45, 7) is 7.00. The molecule has 0 aliphatic carbocycles. The first-order chi connectivity index (χ1) is 12.6. The smallest absolute Gasteiger partial charge is 0.149 e. The zero-order chi connectivity index (χ0) is 18.5. The molecule has 0 amide bonds.